The Bertz CT molecular complexity index is 1120. The van der Waals surface area contributed by atoms with E-state index in [0.29, 0.717) is 23.1 Å². The van der Waals surface area contributed by atoms with Crippen LogP contribution in [0.2, 0.25) is 0 Å². The van der Waals surface area contributed by atoms with Crippen LogP contribution in [-0.4, -0.2) is 39.3 Å². The second-order valence-corrected chi connectivity index (χ2v) is 8.19. The van der Waals surface area contributed by atoms with Gasteiger partial charge < -0.3 is 15.3 Å². The number of hydrogen-bond acceptors (Lipinski definition) is 7. The maximum atomic E-state index is 9.59. The van der Waals surface area contributed by atoms with Crippen molar-refractivity contribution in [3.8, 4) is 17.3 Å². The summed E-state index contributed by atoms with van der Waals surface area (Å²) in [5, 5.41) is 22.0. The van der Waals surface area contributed by atoms with Gasteiger partial charge in [-0.2, -0.15) is 5.26 Å². The minimum absolute atomic E-state index is 0.155. The van der Waals surface area contributed by atoms with Crippen LogP contribution in [0.5, 0.6) is 0 Å². The molecule has 0 amide bonds. The molecule has 0 spiro atoms. The smallest absolute Gasteiger partial charge is 0.132 e. The van der Waals surface area contributed by atoms with Crippen molar-refractivity contribution in [3.05, 3.63) is 59.9 Å². The largest absolute Gasteiger partial charge is 0.394 e. The Kier molecular flexibility index (Phi) is 5.23. The van der Waals surface area contributed by atoms with Crippen LogP contribution in [0.4, 0.5) is 17.5 Å². The summed E-state index contributed by atoms with van der Waals surface area (Å²) in [5.74, 6) is 2.78. The molecular weight excluding hydrogens is 388 g/mol. The lowest BCUT2D eigenvalue weighted by Gasteiger charge is -2.24. The summed E-state index contributed by atoms with van der Waals surface area (Å²) in [4.78, 5) is 15.9. The van der Waals surface area contributed by atoms with Crippen molar-refractivity contribution in [2.45, 2.75) is 37.6 Å². The fourth-order valence-electron chi connectivity index (χ4n) is 4.15. The average Bonchev–Trinajstić information content (AvgIpc) is 3.56. The minimum Gasteiger partial charge on any atom is -0.394 e. The summed E-state index contributed by atoms with van der Waals surface area (Å²) in [7, 11) is 0. The molecule has 0 radical (unpaired) electrons. The maximum Gasteiger partial charge on any atom is 0.132 e. The van der Waals surface area contributed by atoms with Gasteiger partial charge in [-0.15, -0.1) is 0 Å². The Balaban J connectivity index is 1.44. The van der Waals surface area contributed by atoms with E-state index >= 15 is 0 Å². The molecule has 2 N–H and O–H groups in total. The van der Waals surface area contributed by atoms with Gasteiger partial charge in [0.15, 0.2) is 0 Å². The molecule has 1 saturated carbocycles. The highest BCUT2D eigenvalue weighted by molar-refractivity contribution is 5.66. The molecule has 0 unspecified atom stereocenters. The maximum absolute atomic E-state index is 9.59. The van der Waals surface area contributed by atoms with Gasteiger partial charge in [-0.25, -0.2) is 15.0 Å². The molecule has 1 aliphatic carbocycles. The molecule has 0 bridgehead atoms. The SMILES string of the molecule is N#Cc1ccnc(Nc2cc(C3CC3)cc(-c3ccc(N4CCC[C@H]4CO)nc3)n2)c1. The fourth-order valence-corrected chi connectivity index (χ4v) is 4.15. The van der Waals surface area contributed by atoms with Gasteiger partial charge in [0, 0.05) is 24.5 Å². The number of nitrogens with zero attached hydrogens (tertiary/aromatic N) is 5. The van der Waals surface area contributed by atoms with Crippen LogP contribution in [0.25, 0.3) is 11.3 Å². The van der Waals surface area contributed by atoms with Crippen LogP contribution in [0.1, 0.15) is 42.7 Å². The normalized spacial score (nSPS) is 18.1. The Hall–Kier alpha value is -3.50. The third kappa shape index (κ3) is 4.21. The second kappa shape index (κ2) is 8.32. The summed E-state index contributed by atoms with van der Waals surface area (Å²) < 4.78 is 0. The van der Waals surface area contributed by atoms with Crippen molar-refractivity contribution in [2.24, 2.45) is 0 Å². The fraction of sp³-hybridized carbons (Fsp3) is 0.333. The predicted molar refractivity (Wildman–Crippen MR) is 119 cm³/mol. The van der Waals surface area contributed by atoms with E-state index in [0.717, 1.165) is 36.5 Å². The Labute approximate surface area is 181 Å². The van der Waals surface area contributed by atoms with Crippen molar-refractivity contribution >= 4 is 17.5 Å². The van der Waals surface area contributed by atoms with Crippen molar-refractivity contribution in [3.63, 3.8) is 0 Å². The monoisotopic (exact) mass is 412 g/mol. The molecule has 5 rings (SSSR count). The summed E-state index contributed by atoms with van der Waals surface area (Å²) in [6.45, 7) is 1.08. The highest BCUT2D eigenvalue weighted by Gasteiger charge is 2.26. The number of aliphatic hydroxyl groups is 1. The lowest BCUT2D eigenvalue weighted by atomic mass is 10.1. The molecule has 3 aromatic heterocycles. The Morgan fingerprint density at radius 3 is 2.74 bits per heavy atom. The molecular formula is C24H24N6O. The standard InChI is InChI=1S/C24H24N6O/c25-13-16-7-8-26-22(10-16)29-23-12-19(17-3-4-17)11-21(28-23)18-5-6-24(27-14-18)30-9-1-2-20(30)15-31/h5-8,10-12,14,17,20,31H,1-4,9,15H2,(H,26,28,29)/t20-/m0/s1. The number of anilines is 3. The van der Waals surface area contributed by atoms with Gasteiger partial charge in [-0.05, 0) is 73.6 Å². The number of pyridine rings is 3. The Morgan fingerprint density at radius 2 is 2.00 bits per heavy atom. The highest BCUT2D eigenvalue weighted by atomic mass is 16.3. The van der Waals surface area contributed by atoms with Crippen molar-refractivity contribution in [1.29, 1.82) is 5.26 Å². The molecule has 1 aliphatic heterocycles. The first-order chi connectivity index (χ1) is 15.2. The molecule has 156 valence electrons. The van der Waals surface area contributed by atoms with Gasteiger partial charge >= 0.3 is 0 Å². The second-order valence-electron chi connectivity index (χ2n) is 8.19. The summed E-state index contributed by atoms with van der Waals surface area (Å²) in [5.41, 5.74) is 3.63. The lowest BCUT2D eigenvalue weighted by Crippen LogP contribution is -2.32. The van der Waals surface area contributed by atoms with Gasteiger partial charge in [-0.3, -0.25) is 0 Å². The average molecular weight is 412 g/mol. The van der Waals surface area contributed by atoms with Gasteiger partial charge in [0.2, 0.25) is 0 Å². The number of nitrogens with one attached hydrogen (secondary N) is 1. The van der Waals surface area contributed by atoms with E-state index in [2.05, 4.69) is 38.4 Å². The van der Waals surface area contributed by atoms with E-state index < -0.39 is 0 Å². The molecule has 7 heteroatoms. The molecule has 1 saturated heterocycles. The molecule has 2 aliphatic rings. The third-order valence-electron chi connectivity index (χ3n) is 5.97. The number of nitriles is 1. The van der Waals surface area contributed by atoms with E-state index in [1.807, 2.05) is 18.3 Å². The van der Waals surface area contributed by atoms with Gasteiger partial charge in [0.25, 0.3) is 0 Å². The molecule has 3 aromatic rings. The van der Waals surface area contributed by atoms with Crippen molar-refractivity contribution in [1.82, 2.24) is 15.0 Å². The number of aliphatic hydroxyl groups excluding tert-OH is 1. The molecule has 2 fully saturated rings. The van der Waals surface area contributed by atoms with Crippen LogP contribution in [0, 0.1) is 11.3 Å². The number of aromatic nitrogens is 3. The first-order valence-electron chi connectivity index (χ1n) is 10.7. The zero-order valence-corrected chi connectivity index (χ0v) is 17.2. The van der Waals surface area contributed by atoms with Crippen LogP contribution < -0.4 is 10.2 Å². The van der Waals surface area contributed by atoms with E-state index in [9.17, 15) is 5.11 Å². The van der Waals surface area contributed by atoms with Crippen molar-refractivity contribution in [2.75, 3.05) is 23.4 Å². The van der Waals surface area contributed by atoms with E-state index in [-0.39, 0.29) is 12.6 Å². The van der Waals surface area contributed by atoms with E-state index in [4.69, 9.17) is 10.2 Å². The molecule has 1 atom stereocenters. The predicted octanol–water partition coefficient (Wildman–Crippen LogP) is 3.99. The van der Waals surface area contributed by atoms with Gasteiger partial charge in [0.05, 0.1) is 30.0 Å². The lowest BCUT2D eigenvalue weighted by molar-refractivity contribution is 0.266. The quantitative estimate of drug-likeness (QED) is 0.632. The topological polar surface area (TPSA) is 98.0 Å². The first-order valence-corrected chi connectivity index (χ1v) is 10.7. The zero-order valence-electron chi connectivity index (χ0n) is 17.2. The highest BCUT2D eigenvalue weighted by Crippen LogP contribution is 2.42. The van der Waals surface area contributed by atoms with Crippen LogP contribution in [0.3, 0.4) is 0 Å². The Morgan fingerprint density at radius 1 is 1.10 bits per heavy atom. The number of rotatable bonds is 6. The summed E-state index contributed by atoms with van der Waals surface area (Å²) >= 11 is 0. The molecule has 4 heterocycles. The van der Waals surface area contributed by atoms with Crippen LogP contribution in [0.15, 0.2) is 48.8 Å². The van der Waals surface area contributed by atoms with Crippen LogP contribution in [-0.2, 0) is 0 Å². The molecule has 0 aromatic carbocycles. The summed E-state index contributed by atoms with van der Waals surface area (Å²) in [6.07, 6.45) is 7.95. The third-order valence-corrected chi connectivity index (χ3v) is 5.97. The van der Waals surface area contributed by atoms with Gasteiger partial charge in [-0.1, -0.05) is 0 Å². The van der Waals surface area contributed by atoms with E-state index in [1.54, 1.807) is 18.3 Å². The first kappa shape index (κ1) is 19.5. The zero-order chi connectivity index (χ0) is 21.2. The van der Waals surface area contributed by atoms with E-state index in [1.165, 1.54) is 18.4 Å². The minimum atomic E-state index is 0.155. The number of hydrogen-bond donors (Lipinski definition) is 2. The van der Waals surface area contributed by atoms with Crippen molar-refractivity contribution < 1.29 is 5.11 Å². The molecule has 31 heavy (non-hydrogen) atoms. The van der Waals surface area contributed by atoms with Crippen LogP contribution >= 0.6 is 0 Å². The molecule has 7 nitrogen and oxygen atoms in total. The van der Waals surface area contributed by atoms with Gasteiger partial charge in [0.1, 0.15) is 17.5 Å². The summed E-state index contributed by atoms with van der Waals surface area (Å²) in [6, 6.07) is 14.0.